The van der Waals surface area contributed by atoms with Gasteiger partial charge in [-0.25, -0.2) is 0 Å². The molecule has 1 aliphatic rings. The Kier molecular flexibility index (Phi) is 34.1. The largest absolute Gasteiger partial charge is 4.00 e. The summed E-state index contributed by atoms with van der Waals surface area (Å²) in [7, 11) is 7.00. The maximum absolute atomic E-state index is 4.44. The molecule has 0 saturated heterocycles. The van der Waals surface area contributed by atoms with E-state index in [9.17, 15) is 0 Å². The van der Waals surface area contributed by atoms with E-state index in [1.807, 2.05) is 0 Å². The van der Waals surface area contributed by atoms with Crippen LogP contribution in [-0.2, 0) is 21.7 Å². The second-order valence-electron chi connectivity index (χ2n) is 4.46. The first kappa shape index (κ1) is 28.3. The van der Waals surface area contributed by atoms with Crippen LogP contribution in [0, 0.1) is 7.43 Å². The minimum atomic E-state index is 0. The molecule has 4 heteroatoms. The van der Waals surface area contributed by atoms with Crippen molar-refractivity contribution in [3.05, 3.63) is 47.2 Å². The summed E-state index contributed by atoms with van der Waals surface area (Å²) < 4.78 is 0. The molecular weight excluding hydrogens is 282 g/mol. The van der Waals surface area contributed by atoms with Crippen molar-refractivity contribution in [2.75, 3.05) is 34.7 Å². The van der Waals surface area contributed by atoms with E-state index >= 15 is 0 Å². The molecule has 0 fully saturated rings. The molecule has 0 heterocycles. The van der Waals surface area contributed by atoms with E-state index in [4.69, 9.17) is 0 Å². The fourth-order valence-corrected chi connectivity index (χ4v) is 1.33. The van der Waals surface area contributed by atoms with E-state index in [0.717, 1.165) is 6.54 Å². The minimum absolute atomic E-state index is 0. The van der Waals surface area contributed by atoms with Gasteiger partial charge < -0.3 is 23.4 Å². The van der Waals surface area contributed by atoms with Crippen LogP contribution in [0.25, 0.3) is 16.0 Å². The predicted octanol–water partition coefficient (Wildman–Crippen LogP) is 5.12. The molecule has 0 radical (unpaired) electrons. The van der Waals surface area contributed by atoms with Crippen LogP contribution >= 0.6 is 0 Å². The Balaban J connectivity index is -0.000000139. The monoisotopic (exact) mass is 315 g/mol. The molecule has 0 amide bonds. The van der Waals surface area contributed by atoms with Crippen molar-refractivity contribution in [2.24, 2.45) is 0 Å². The third kappa shape index (κ3) is 26.6. The van der Waals surface area contributed by atoms with Gasteiger partial charge in [-0.3, -0.25) is 0 Å². The molecule has 0 bridgehead atoms. The molecule has 0 aliphatic heterocycles. The molecule has 0 N–H and O–H groups in total. The van der Waals surface area contributed by atoms with Gasteiger partial charge >= 0.3 is 21.7 Å². The van der Waals surface area contributed by atoms with Gasteiger partial charge in [0.1, 0.15) is 0 Å². The Bertz CT molecular complexity index is 212. The van der Waals surface area contributed by atoms with Crippen LogP contribution < -0.4 is 0 Å². The molecule has 20 heavy (non-hydrogen) atoms. The first-order chi connectivity index (χ1) is 8.62. The summed E-state index contributed by atoms with van der Waals surface area (Å²) in [4.78, 5) is 0. The van der Waals surface area contributed by atoms with Crippen LogP contribution in [0.1, 0.15) is 33.1 Å². The topological polar surface area (TPSA) is 42.3 Å². The third-order valence-corrected chi connectivity index (χ3v) is 2.00. The van der Waals surface area contributed by atoms with Gasteiger partial charge in [-0.15, -0.1) is 12.6 Å². The fraction of sp³-hybridized carbons (Fsp3) is 0.688. The van der Waals surface area contributed by atoms with Gasteiger partial charge in [0.05, 0.1) is 0 Å². The van der Waals surface area contributed by atoms with Crippen LogP contribution in [0.3, 0.4) is 0 Å². The summed E-state index contributed by atoms with van der Waals surface area (Å²) >= 11 is 0. The molecule has 1 aliphatic carbocycles. The number of rotatable bonds is 5. The first-order valence-electron chi connectivity index (χ1n) is 6.59. The zero-order valence-corrected chi connectivity index (χ0v) is 16.0. The van der Waals surface area contributed by atoms with Crippen molar-refractivity contribution in [1.82, 2.24) is 0 Å². The molecule has 0 spiro atoms. The number of hydrogen-bond donors (Lipinski definition) is 0. The fourth-order valence-electron chi connectivity index (χ4n) is 1.33. The van der Waals surface area contributed by atoms with Crippen LogP contribution in [-0.4, -0.2) is 40.8 Å². The van der Waals surface area contributed by atoms with E-state index in [2.05, 4.69) is 48.0 Å². The Morgan fingerprint density at radius 2 is 1.60 bits per heavy atom. The van der Waals surface area contributed by atoms with Gasteiger partial charge in [0, 0.05) is 0 Å². The predicted molar refractivity (Wildman–Crippen MR) is 91.3 cm³/mol. The van der Waals surface area contributed by atoms with E-state index in [1.54, 1.807) is 33.8 Å². The van der Waals surface area contributed by atoms with E-state index in [0.29, 0.717) is 6.04 Å². The van der Waals surface area contributed by atoms with Crippen LogP contribution in [0.5, 0.6) is 0 Å². The average Bonchev–Trinajstić information content (AvgIpc) is 2.79. The molecule has 1 rings (SSSR count). The smallest absolute Gasteiger partial charge is 0.668 e. The molecule has 0 atom stereocenters. The van der Waals surface area contributed by atoms with Gasteiger partial charge in [-0.05, 0) is 12.8 Å². The second kappa shape index (κ2) is 24.1. The molecule has 0 aromatic carbocycles. The zero-order chi connectivity index (χ0) is 14.2. The first-order valence-corrected chi connectivity index (χ1v) is 6.59. The molecule has 0 aromatic rings. The van der Waals surface area contributed by atoms with E-state index in [-0.39, 0.29) is 29.1 Å². The summed E-state index contributed by atoms with van der Waals surface area (Å²) in [6.45, 7) is 5.29. The number of nitrogens with zero attached hydrogens (tertiary/aromatic N) is 3. The Morgan fingerprint density at radius 1 is 1.10 bits per heavy atom. The summed E-state index contributed by atoms with van der Waals surface area (Å²) in [5.74, 6) is 0. The molecular formula is C16H33N3Ti. The van der Waals surface area contributed by atoms with Crippen molar-refractivity contribution in [3.63, 3.8) is 0 Å². The molecule has 0 aromatic heterocycles. The van der Waals surface area contributed by atoms with Gasteiger partial charge in [0.15, 0.2) is 0 Å². The molecule has 0 saturated carbocycles. The quantitative estimate of drug-likeness (QED) is 0.384. The van der Waals surface area contributed by atoms with Crippen molar-refractivity contribution >= 4 is 0 Å². The molecule has 116 valence electrons. The van der Waals surface area contributed by atoms with Gasteiger partial charge in [0.25, 0.3) is 0 Å². The maximum Gasteiger partial charge on any atom is 4.00 e. The summed E-state index contributed by atoms with van der Waals surface area (Å²) in [6, 6.07) is 0.501. The maximum atomic E-state index is 4.44. The standard InChI is InChI=1S/C11H18N.2C2H6N.CH3.Ti/c1-10(2)12-9-5-8-11-6-3-4-7-11;2*1-3-2;;/h3-4,6,10H,5,7-9H2,1-2H3;2*1-2H3;1H3;/q4*-1;+4. The van der Waals surface area contributed by atoms with Crippen LogP contribution in [0.4, 0.5) is 0 Å². The van der Waals surface area contributed by atoms with Crippen molar-refractivity contribution < 1.29 is 21.7 Å². The van der Waals surface area contributed by atoms with Gasteiger partial charge in [0.2, 0.25) is 0 Å². The van der Waals surface area contributed by atoms with Gasteiger partial charge in [-0.1, -0.05) is 44.1 Å². The van der Waals surface area contributed by atoms with Gasteiger partial charge in [-0.2, -0.15) is 28.2 Å². The van der Waals surface area contributed by atoms with Crippen LogP contribution in [0.15, 0.2) is 23.8 Å². The Morgan fingerprint density at radius 3 is 1.95 bits per heavy atom. The van der Waals surface area contributed by atoms with E-state index < -0.39 is 0 Å². The number of allylic oxidation sites excluding steroid dienone is 4. The molecule has 3 nitrogen and oxygen atoms in total. The van der Waals surface area contributed by atoms with Crippen molar-refractivity contribution in [3.8, 4) is 0 Å². The second-order valence-corrected chi connectivity index (χ2v) is 4.46. The SMILES string of the molecule is CC(C)[N-]CCCC1=CC=CC1.C[N-]C.C[N-]C.[CH3-].[Ti+4]. The Hall–Kier alpha value is 0.0743. The minimum Gasteiger partial charge on any atom is -0.668 e. The summed E-state index contributed by atoms with van der Waals surface area (Å²) in [5.41, 5.74) is 1.56. The average molecular weight is 315 g/mol. The van der Waals surface area contributed by atoms with Crippen LogP contribution in [0.2, 0.25) is 0 Å². The summed E-state index contributed by atoms with van der Waals surface area (Å²) in [5, 5.41) is 11.4. The third-order valence-electron chi connectivity index (χ3n) is 2.00. The zero-order valence-electron chi connectivity index (χ0n) is 14.5. The molecule has 0 unspecified atom stereocenters. The van der Waals surface area contributed by atoms with Crippen molar-refractivity contribution in [1.29, 1.82) is 0 Å². The van der Waals surface area contributed by atoms with E-state index in [1.165, 1.54) is 19.3 Å². The summed E-state index contributed by atoms with van der Waals surface area (Å²) in [6.07, 6.45) is 10.2. The normalized spacial score (nSPS) is 11.2. The number of hydrogen-bond acceptors (Lipinski definition) is 0. The van der Waals surface area contributed by atoms with Crippen molar-refractivity contribution in [2.45, 2.75) is 39.2 Å². The Labute approximate surface area is 143 Å².